The summed E-state index contributed by atoms with van der Waals surface area (Å²) in [5.74, 6) is -0.695. The lowest BCUT2D eigenvalue weighted by molar-refractivity contribution is -0.384. The van der Waals surface area contributed by atoms with E-state index in [0.29, 0.717) is 43.2 Å². The Morgan fingerprint density at radius 3 is 2.22 bits per heavy atom. The van der Waals surface area contributed by atoms with Gasteiger partial charge in [0.05, 0.1) is 4.92 Å². The lowest BCUT2D eigenvalue weighted by Gasteiger charge is -2.35. The molecule has 2 aromatic rings. The smallest absolute Gasteiger partial charge is 0.293 e. The molecule has 3 amide bonds. The van der Waals surface area contributed by atoms with Gasteiger partial charge in [0.25, 0.3) is 11.6 Å². The molecule has 1 fully saturated rings. The molecule has 3 rings (SSSR count). The SMILES string of the molecule is CC(=O)Nc1ccc(NC(=O)c2ccc(N3CCN(C(C)=O)CC3)c([N+](=O)[O-])c2)cc1C. The van der Waals surface area contributed by atoms with Gasteiger partial charge < -0.3 is 20.4 Å². The summed E-state index contributed by atoms with van der Waals surface area (Å²) in [5.41, 5.74) is 2.33. The third-order valence-corrected chi connectivity index (χ3v) is 5.29. The number of hydrogen-bond donors (Lipinski definition) is 2. The van der Waals surface area contributed by atoms with Crippen LogP contribution in [0.25, 0.3) is 0 Å². The van der Waals surface area contributed by atoms with Gasteiger partial charge in [0.15, 0.2) is 0 Å². The van der Waals surface area contributed by atoms with Crippen molar-refractivity contribution in [2.45, 2.75) is 20.8 Å². The van der Waals surface area contributed by atoms with Crippen LogP contribution in [0.1, 0.15) is 29.8 Å². The van der Waals surface area contributed by atoms with Crippen LogP contribution < -0.4 is 15.5 Å². The van der Waals surface area contributed by atoms with Crippen LogP contribution in [0.4, 0.5) is 22.7 Å². The highest BCUT2D eigenvalue weighted by Crippen LogP contribution is 2.30. The minimum absolute atomic E-state index is 0.0217. The van der Waals surface area contributed by atoms with Crippen LogP contribution in [0.2, 0.25) is 0 Å². The van der Waals surface area contributed by atoms with Crippen LogP contribution in [-0.2, 0) is 9.59 Å². The summed E-state index contributed by atoms with van der Waals surface area (Å²) < 4.78 is 0. The monoisotopic (exact) mass is 439 g/mol. The molecular weight excluding hydrogens is 414 g/mol. The van der Waals surface area contributed by atoms with Crippen molar-refractivity contribution in [3.63, 3.8) is 0 Å². The van der Waals surface area contributed by atoms with Crippen molar-refractivity contribution in [1.29, 1.82) is 0 Å². The number of aryl methyl sites for hydroxylation is 1. The number of nitrogens with zero attached hydrogens (tertiary/aromatic N) is 3. The summed E-state index contributed by atoms with van der Waals surface area (Å²) >= 11 is 0. The fraction of sp³-hybridized carbons (Fsp3) is 0.318. The minimum atomic E-state index is -0.504. The predicted octanol–water partition coefficient (Wildman–Crippen LogP) is 2.78. The molecule has 1 aliphatic rings. The van der Waals surface area contributed by atoms with Crippen LogP contribution in [0, 0.1) is 17.0 Å². The quantitative estimate of drug-likeness (QED) is 0.545. The summed E-state index contributed by atoms with van der Waals surface area (Å²) in [7, 11) is 0. The lowest BCUT2D eigenvalue weighted by Crippen LogP contribution is -2.48. The maximum Gasteiger partial charge on any atom is 0.293 e. The first kappa shape index (κ1) is 22.7. The molecule has 0 aromatic heterocycles. The standard InChI is InChI=1S/C22H25N5O5/c1-14-12-18(5-6-19(14)23-15(2)28)24-22(30)17-4-7-20(21(13-17)27(31)32)26-10-8-25(9-11-26)16(3)29/h4-7,12-13H,8-11H2,1-3H3,(H,23,28)(H,24,30). The number of nitro benzene ring substituents is 1. The normalized spacial score (nSPS) is 13.5. The Bertz CT molecular complexity index is 1080. The van der Waals surface area contributed by atoms with Gasteiger partial charge in [0.2, 0.25) is 11.8 Å². The van der Waals surface area contributed by atoms with Gasteiger partial charge in [-0.3, -0.25) is 24.5 Å². The lowest BCUT2D eigenvalue weighted by atomic mass is 10.1. The first-order valence-electron chi connectivity index (χ1n) is 10.1. The van der Waals surface area contributed by atoms with Crippen molar-refractivity contribution in [2.24, 2.45) is 0 Å². The number of piperazine rings is 1. The summed E-state index contributed by atoms with van der Waals surface area (Å²) in [6, 6.07) is 9.42. The minimum Gasteiger partial charge on any atom is -0.362 e. The number of anilines is 3. The Hall–Kier alpha value is -3.95. The van der Waals surface area contributed by atoms with Crippen molar-refractivity contribution in [3.8, 4) is 0 Å². The molecule has 1 heterocycles. The van der Waals surface area contributed by atoms with Crippen molar-refractivity contribution < 1.29 is 19.3 Å². The van der Waals surface area contributed by atoms with Gasteiger partial charge in [0.1, 0.15) is 5.69 Å². The van der Waals surface area contributed by atoms with Gasteiger partial charge in [-0.1, -0.05) is 0 Å². The second-order valence-corrected chi connectivity index (χ2v) is 7.62. The number of nitro groups is 1. The highest BCUT2D eigenvalue weighted by atomic mass is 16.6. The van der Waals surface area contributed by atoms with E-state index in [1.807, 2.05) is 4.90 Å². The average Bonchev–Trinajstić information content (AvgIpc) is 2.75. The molecule has 10 nitrogen and oxygen atoms in total. The van der Waals surface area contributed by atoms with E-state index >= 15 is 0 Å². The van der Waals surface area contributed by atoms with Gasteiger partial charge in [0, 0.05) is 63.0 Å². The zero-order valence-corrected chi connectivity index (χ0v) is 18.2. The second kappa shape index (κ2) is 9.46. The number of carbonyl (C=O) groups excluding carboxylic acids is 3. The Morgan fingerprint density at radius 2 is 1.66 bits per heavy atom. The maximum atomic E-state index is 12.7. The molecule has 0 radical (unpaired) electrons. The Balaban J connectivity index is 1.77. The van der Waals surface area contributed by atoms with Crippen LogP contribution in [0.15, 0.2) is 36.4 Å². The molecule has 0 spiro atoms. The van der Waals surface area contributed by atoms with E-state index in [-0.39, 0.29) is 23.1 Å². The highest BCUT2D eigenvalue weighted by molar-refractivity contribution is 6.05. The predicted molar refractivity (Wildman–Crippen MR) is 121 cm³/mol. The van der Waals surface area contributed by atoms with Crippen molar-refractivity contribution >= 4 is 40.5 Å². The van der Waals surface area contributed by atoms with E-state index < -0.39 is 10.8 Å². The van der Waals surface area contributed by atoms with Crippen LogP contribution in [0.3, 0.4) is 0 Å². The molecule has 2 aromatic carbocycles. The fourth-order valence-electron chi connectivity index (χ4n) is 3.62. The topological polar surface area (TPSA) is 125 Å². The molecule has 0 atom stereocenters. The van der Waals surface area contributed by atoms with Gasteiger partial charge in [-0.15, -0.1) is 0 Å². The zero-order valence-electron chi connectivity index (χ0n) is 18.2. The summed E-state index contributed by atoms with van der Waals surface area (Å²) in [5, 5.41) is 17.1. The summed E-state index contributed by atoms with van der Waals surface area (Å²) in [6.45, 7) is 6.64. The zero-order chi connectivity index (χ0) is 23.4. The molecule has 0 unspecified atom stereocenters. The third-order valence-electron chi connectivity index (χ3n) is 5.29. The van der Waals surface area contributed by atoms with Gasteiger partial charge in [-0.2, -0.15) is 0 Å². The number of hydrogen-bond acceptors (Lipinski definition) is 6. The molecule has 1 aliphatic heterocycles. The molecule has 1 saturated heterocycles. The van der Waals surface area contributed by atoms with Gasteiger partial charge in [-0.05, 0) is 42.8 Å². The molecule has 0 bridgehead atoms. The van der Waals surface area contributed by atoms with Crippen molar-refractivity contribution in [1.82, 2.24) is 4.90 Å². The molecule has 0 saturated carbocycles. The van der Waals surface area contributed by atoms with E-state index in [0.717, 1.165) is 5.56 Å². The number of nitrogens with one attached hydrogen (secondary N) is 2. The second-order valence-electron chi connectivity index (χ2n) is 7.62. The largest absolute Gasteiger partial charge is 0.362 e. The van der Waals surface area contributed by atoms with E-state index in [9.17, 15) is 24.5 Å². The molecule has 2 N–H and O–H groups in total. The molecule has 168 valence electrons. The molecule has 32 heavy (non-hydrogen) atoms. The van der Waals surface area contributed by atoms with Crippen molar-refractivity contribution in [2.75, 3.05) is 41.7 Å². The molecule has 0 aliphatic carbocycles. The van der Waals surface area contributed by atoms with Crippen molar-refractivity contribution in [3.05, 3.63) is 57.6 Å². The maximum absolute atomic E-state index is 12.7. The molecular formula is C22H25N5O5. The Kier molecular flexibility index (Phi) is 6.72. The van der Waals surface area contributed by atoms with Crippen LogP contribution in [-0.4, -0.2) is 53.7 Å². The first-order chi connectivity index (χ1) is 15.2. The van der Waals surface area contributed by atoms with Gasteiger partial charge >= 0.3 is 0 Å². The number of rotatable bonds is 5. The molecule has 10 heteroatoms. The highest BCUT2D eigenvalue weighted by Gasteiger charge is 2.26. The summed E-state index contributed by atoms with van der Waals surface area (Å²) in [6.07, 6.45) is 0. The number of benzene rings is 2. The van der Waals surface area contributed by atoms with Crippen LogP contribution in [0.5, 0.6) is 0 Å². The third kappa shape index (κ3) is 5.20. The number of carbonyl (C=O) groups is 3. The number of amides is 3. The first-order valence-corrected chi connectivity index (χ1v) is 10.1. The van der Waals surface area contributed by atoms with E-state index in [1.165, 1.54) is 19.9 Å². The average molecular weight is 439 g/mol. The Morgan fingerprint density at radius 1 is 0.969 bits per heavy atom. The van der Waals surface area contributed by atoms with Gasteiger partial charge in [-0.25, -0.2) is 0 Å². The van der Waals surface area contributed by atoms with E-state index in [2.05, 4.69) is 10.6 Å². The van der Waals surface area contributed by atoms with E-state index in [4.69, 9.17) is 0 Å². The van der Waals surface area contributed by atoms with Crippen LogP contribution >= 0.6 is 0 Å². The van der Waals surface area contributed by atoms with E-state index in [1.54, 1.807) is 42.2 Å². The Labute approximate surface area is 185 Å². The summed E-state index contributed by atoms with van der Waals surface area (Å²) in [4.78, 5) is 50.2. The fourth-order valence-corrected chi connectivity index (χ4v) is 3.62.